The van der Waals surface area contributed by atoms with E-state index in [1.165, 1.54) is 6.07 Å². The van der Waals surface area contributed by atoms with Crippen molar-refractivity contribution in [2.45, 2.75) is 45.2 Å². The van der Waals surface area contributed by atoms with E-state index in [2.05, 4.69) is 41.6 Å². The number of nitrogens with zero attached hydrogens (tertiary/aromatic N) is 1. The summed E-state index contributed by atoms with van der Waals surface area (Å²) >= 11 is 0. The largest absolute Gasteiger partial charge is 0.493 e. The third-order valence-electron chi connectivity index (χ3n) is 4.53. The molecule has 2 aromatic carbocycles. The van der Waals surface area contributed by atoms with Gasteiger partial charge in [-0.3, -0.25) is 4.99 Å². The molecule has 0 radical (unpaired) electrons. The zero-order chi connectivity index (χ0) is 22.1. The molecule has 0 aliphatic heterocycles. The van der Waals surface area contributed by atoms with Gasteiger partial charge in [-0.1, -0.05) is 38.1 Å². The minimum Gasteiger partial charge on any atom is -0.493 e. The van der Waals surface area contributed by atoms with Crippen LogP contribution in [0.1, 0.15) is 37.0 Å². The maximum absolute atomic E-state index is 11.5. The molecule has 4 N–H and O–H groups in total. The Morgan fingerprint density at radius 2 is 1.84 bits per heavy atom. The highest BCUT2D eigenvalue weighted by molar-refractivity contribution is 14.0. The van der Waals surface area contributed by atoms with E-state index in [1.807, 2.05) is 19.1 Å². The average molecular weight is 561 g/mol. The summed E-state index contributed by atoms with van der Waals surface area (Å²) in [5.41, 5.74) is 2.98. The van der Waals surface area contributed by atoms with Gasteiger partial charge in [0, 0.05) is 25.7 Å². The average Bonchev–Trinajstić information content (AvgIpc) is 2.68. The zero-order valence-electron chi connectivity index (χ0n) is 18.5. The Kier molecular flexibility index (Phi) is 11.3. The molecule has 31 heavy (non-hydrogen) atoms. The van der Waals surface area contributed by atoms with Crippen LogP contribution in [0.2, 0.25) is 0 Å². The summed E-state index contributed by atoms with van der Waals surface area (Å²) in [7, 11) is -2.04. The molecule has 0 saturated carbocycles. The second-order valence-electron chi connectivity index (χ2n) is 7.61. The van der Waals surface area contributed by atoms with Crippen LogP contribution in [0.25, 0.3) is 0 Å². The highest BCUT2D eigenvalue weighted by Crippen LogP contribution is 2.21. The van der Waals surface area contributed by atoms with Crippen LogP contribution < -0.4 is 20.5 Å². The van der Waals surface area contributed by atoms with E-state index in [0.29, 0.717) is 31.6 Å². The number of rotatable bonds is 9. The topological polar surface area (TPSA) is 106 Å². The van der Waals surface area contributed by atoms with Gasteiger partial charge in [-0.25, -0.2) is 13.6 Å². The van der Waals surface area contributed by atoms with Crippen molar-refractivity contribution in [3.8, 4) is 5.75 Å². The fraction of sp³-hybridized carbons (Fsp3) is 0.409. The maximum Gasteiger partial charge on any atom is 0.238 e. The Hall–Kier alpha value is -1.85. The number of hydrogen-bond donors (Lipinski definition) is 3. The first-order valence-corrected chi connectivity index (χ1v) is 11.5. The molecule has 0 aliphatic carbocycles. The first kappa shape index (κ1) is 27.2. The van der Waals surface area contributed by atoms with Crippen molar-refractivity contribution in [3.05, 3.63) is 59.2 Å². The van der Waals surface area contributed by atoms with Gasteiger partial charge in [0.05, 0.1) is 11.5 Å². The molecule has 0 heterocycles. The molecule has 0 atom stereocenters. The lowest BCUT2D eigenvalue weighted by Gasteiger charge is -2.16. The molecule has 2 rings (SSSR count). The summed E-state index contributed by atoms with van der Waals surface area (Å²) in [5.74, 6) is 2.07. The van der Waals surface area contributed by atoms with Crippen molar-refractivity contribution in [1.29, 1.82) is 0 Å². The molecular weight excluding hydrogens is 527 g/mol. The van der Waals surface area contributed by atoms with Crippen LogP contribution in [0.4, 0.5) is 0 Å². The van der Waals surface area contributed by atoms with Crippen LogP contribution in [-0.2, 0) is 23.1 Å². The van der Waals surface area contributed by atoms with Gasteiger partial charge in [0.15, 0.2) is 5.96 Å². The number of sulfonamides is 1. The first-order valence-electron chi connectivity index (χ1n) is 9.97. The van der Waals surface area contributed by atoms with Crippen molar-refractivity contribution in [1.82, 2.24) is 10.6 Å². The predicted octanol–water partition coefficient (Wildman–Crippen LogP) is 3.55. The van der Waals surface area contributed by atoms with Crippen molar-refractivity contribution in [2.24, 2.45) is 16.0 Å². The molecule has 172 valence electrons. The SMILES string of the molecule is CN=C(NCc1cccc(S(N)(=O)=O)c1)NCc1ccc(C)cc1OCCC(C)C.I. The number of ether oxygens (including phenoxy) is 1. The third kappa shape index (κ3) is 9.44. The number of guanidine groups is 1. The molecule has 0 unspecified atom stereocenters. The zero-order valence-corrected chi connectivity index (χ0v) is 21.7. The summed E-state index contributed by atoms with van der Waals surface area (Å²) < 4.78 is 29.0. The quantitative estimate of drug-likeness (QED) is 0.247. The third-order valence-corrected chi connectivity index (χ3v) is 5.44. The fourth-order valence-corrected chi connectivity index (χ4v) is 3.35. The summed E-state index contributed by atoms with van der Waals surface area (Å²) in [5, 5.41) is 11.7. The number of halogens is 1. The van der Waals surface area contributed by atoms with E-state index in [9.17, 15) is 8.42 Å². The minimum atomic E-state index is -3.72. The highest BCUT2D eigenvalue weighted by Gasteiger charge is 2.09. The molecule has 0 saturated heterocycles. The molecule has 2 aromatic rings. The van der Waals surface area contributed by atoms with Crippen molar-refractivity contribution in [2.75, 3.05) is 13.7 Å². The van der Waals surface area contributed by atoms with E-state index in [0.717, 1.165) is 28.9 Å². The summed E-state index contributed by atoms with van der Waals surface area (Å²) in [6.07, 6.45) is 1.00. The Labute approximate surface area is 202 Å². The number of aliphatic imine (C=N–C) groups is 1. The van der Waals surface area contributed by atoms with Gasteiger partial charge in [-0.05, 0) is 48.6 Å². The second-order valence-corrected chi connectivity index (χ2v) is 9.18. The van der Waals surface area contributed by atoms with Gasteiger partial charge < -0.3 is 15.4 Å². The molecule has 0 spiro atoms. The Morgan fingerprint density at radius 3 is 2.48 bits per heavy atom. The molecule has 0 aromatic heterocycles. The van der Waals surface area contributed by atoms with Crippen LogP contribution in [0.15, 0.2) is 52.4 Å². The number of nitrogens with two attached hydrogens (primary N) is 1. The van der Waals surface area contributed by atoms with E-state index in [-0.39, 0.29) is 28.9 Å². The standard InChI is InChI=1S/C22H32N4O3S.HI/c1-16(2)10-11-29-21-12-17(3)8-9-19(21)15-26-22(24-4)25-14-18-6-5-7-20(13-18)30(23,27)28;/h5-9,12-13,16H,10-11,14-15H2,1-4H3,(H2,23,27,28)(H2,24,25,26);1H. The van der Waals surface area contributed by atoms with Crippen LogP contribution in [0, 0.1) is 12.8 Å². The summed E-state index contributed by atoms with van der Waals surface area (Å²) in [6.45, 7) is 8.04. The lowest BCUT2D eigenvalue weighted by molar-refractivity contribution is 0.286. The minimum absolute atomic E-state index is 0. The molecular formula is C22H33IN4O3S. The van der Waals surface area contributed by atoms with Gasteiger partial charge in [0.2, 0.25) is 10.0 Å². The summed E-state index contributed by atoms with van der Waals surface area (Å²) in [6, 6.07) is 12.7. The van der Waals surface area contributed by atoms with Gasteiger partial charge in [-0.2, -0.15) is 0 Å². The van der Waals surface area contributed by atoms with Crippen LogP contribution in [0.3, 0.4) is 0 Å². The van der Waals surface area contributed by atoms with E-state index in [4.69, 9.17) is 9.88 Å². The lowest BCUT2D eigenvalue weighted by Crippen LogP contribution is -2.36. The second kappa shape index (κ2) is 12.9. The molecule has 7 nitrogen and oxygen atoms in total. The Morgan fingerprint density at radius 1 is 1.13 bits per heavy atom. The van der Waals surface area contributed by atoms with Crippen LogP contribution in [0.5, 0.6) is 5.75 Å². The number of aryl methyl sites for hydroxylation is 1. The number of benzene rings is 2. The van der Waals surface area contributed by atoms with Crippen LogP contribution >= 0.6 is 24.0 Å². The van der Waals surface area contributed by atoms with E-state index in [1.54, 1.807) is 19.2 Å². The molecule has 0 fully saturated rings. The van der Waals surface area contributed by atoms with Crippen LogP contribution in [-0.4, -0.2) is 28.0 Å². The number of nitrogens with one attached hydrogen (secondary N) is 2. The molecule has 9 heteroatoms. The van der Waals surface area contributed by atoms with Gasteiger partial charge in [-0.15, -0.1) is 24.0 Å². The Bertz CT molecular complexity index is 978. The van der Waals surface area contributed by atoms with Gasteiger partial charge in [0.1, 0.15) is 5.75 Å². The van der Waals surface area contributed by atoms with Gasteiger partial charge >= 0.3 is 0 Å². The monoisotopic (exact) mass is 560 g/mol. The molecule has 0 aliphatic rings. The normalized spacial score (nSPS) is 11.7. The number of hydrogen-bond acceptors (Lipinski definition) is 4. The number of primary sulfonamides is 1. The van der Waals surface area contributed by atoms with E-state index >= 15 is 0 Å². The smallest absolute Gasteiger partial charge is 0.238 e. The lowest BCUT2D eigenvalue weighted by atomic mass is 10.1. The molecule has 0 bridgehead atoms. The van der Waals surface area contributed by atoms with Gasteiger partial charge in [0.25, 0.3) is 0 Å². The fourth-order valence-electron chi connectivity index (χ4n) is 2.76. The molecule has 0 amide bonds. The van der Waals surface area contributed by atoms with Crippen molar-refractivity contribution < 1.29 is 13.2 Å². The highest BCUT2D eigenvalue weighted by atomic mass is 127. The maximum atomic E-state index is 11.5. The predicted molar refractivity (Wildman–Crippen MR) is 136 cm³/mol. The Balaban J connectivity index is 0.00000480. The summed E-state index contributed by atoms with van der Waals surface area (Å²) in [4.78, 5) is 4.32. The van der Waals surface area contributed by atoms with Crippen molar-refractivity contribution >= 4 is 40.0 Å². The first-order chi connectivity index (χ1) is 14.2. The van der Waals surface area contributed by atoms with E-state index < -0.39 is 10.0 Å². The van der Waals surface area contributed by atoms with Crippen molar-refractivity contribution in [3.63, 3.8) is 0 Å².